The van der Waals surface area contributed by atoms with Gasteiger partial charge in [0, 0.05) is 18.6 Å². The first-order valence-electron chi connectivity index (χ1n) is 7.77. The summed E-state index contributed by atoms with van der Waals surface area (Å²) in [5.41, 5.74) is 1.90. The van der Waals surface area contributed by atoms with Crippen molar-refractivity contribution < 1.29 is 24.1 Å². The van der Waals surface area contributed by atoms with Crippen LogP contribution in [-0.2, 0) is 16.0 Å². The van der Waals surface area contributed by atoms with E-state index in [0.29, 0.717) is 11.5 Å². The van der Waals surface area contributed by atoms with Crippen LogP contribution in [0.25, 0.3) is 16.8 Å². The Labute approximate surface area is 141 Å². The molecule has 0 aromatic heterocycles. The SMILES string of the molecule is CCCc1cccc2c(/C=C/C(=O)O)cc(OC)c(OCOC)c12. The Morgan fingerprint density at radius 2 is 2.08 bits per heavy atom. The first-order valence-corrected chi connectivity index (χ1v) is 7.77. The fourth-order valence-electron chi connectivity index (χ4n) is 2.71. The highest BCUT2D eigenvalue weighted by atomic mass is 16.7. The van der Waals surface area contributed by atoms with E-state index < -0.39 is 5.97 Å². The van der Waals surface area contributed by atoms with Crippen LogP contribution in [0.4, 0.5) is 0 Å². The van der Waals surface area contributed by atoms with Crippen LogP contribution in [0.3, 0.4) is 0 Å². The maximum absolute atomic E-state index is 10.9. The van der Waals surface area contributed by atoms with Gasteiger partial charge in [-0.3, -0.25) is 0 Å². The number of aliphatic carboxylic acids is 1. The molecule has 24 heavy (non-hydrogen) atoms. The largest absolute Gasteiger partial charge is 0.493 e. The van der Waals surface area contributed by atoms with Gasteiger partial charge in [-0.15, -0.1) is 0 Å². The predicted molar refractivity (Wildman–Crippen MR) is 93.7 cm³/mol. The number of hydrogen-bond acceptors (Lipinski definition) is 4. The number of carboxylic acids is 1. The molecule has 0 radical (unpaired) electrons. The molecule has 0 aliphatic rings. The number of fused-ring (bicyclic) bond motifs is 1. The van der Waals surface area contributed by atoms with Crippen molar-refractivity contribution in [2.45, 2.75) is 19.8 Å². The van der Waals surface area contributed by atoms with Crippen molar-refractivity contribution in [3.05, 3.63) is 41.5 Å². The highest BCUT2D eigenvalue weighted by Gasteiger charge is 2.16. The summed E-state index contributed by atoms with van der Waals surface area (Å²) in [7, 11) is 3.12. The molecule has 128 valence electrons. The lowest BCUT2D eigenvalue weighted by atomic mass is 9.96. The van der Waals surface area contributed by atoms with Crippen molar-refractivity contribution in [2.75, 3.05) is 21.0 Å². The van der Waals surface area contributed by atoms with Crippen LogP contribution in [0.5, 0.6) is 11.5 Å². The fraction of sp³-hybridized carbons (Fsp3) is 0.316. The molecule has 5 nitrogen and oxygen atoms in total. The van der Waals surface area contributed by atoms with Crippen molar-refractivity contribution in [1.82, 2.24) is 0 Å². The van der Waals surface area contributed by atoms with Gasteiger partial charge >= 0.3 is 5.97 Å². The summed E-state index contributed by atoms with van der Waals surface area (Å²) < 4.78 is 16.3. The normalized spacial score (nSPS) is 11.1. The molecule has 2 aromatic carbocycles. The minimum Gasteiger partial charge on any atom is -0.493 e. The average molecular weight is 330 g/mol. The maximum atomic E-state index is 10.9. The van der Waals surface area contributed by atoms with Gasteiger partial charge in [-0.2, -0.15) is 0 Å². The second-order valence-corrected chi connectivity index (χ2v) is 5.31. The first kappa shape index (κ1) is 17.8. The zero-order valence-corrected chi connectivity index (χ0v) is 14.2. The summed E-state index contributed by atoms with van der Waals surface area (Å²) in [4.78, 5) is 10.9. The molecule has 2 rings (SSSR count). The Bertz CT molecular complexity index is 749. The van der Waals surface area contributed by atoms with Gasteiger partial charge in [-0.05, 0) is 35.1 Å². The second kappa shape index (κ2) is 8.36. The molecule has 0 unspecified atom stereocenters. The Morgan fingerprint density at radius 3 is 2.71 bits per heavy atom. The van der Waals surface area contributed by atoms with Gasteiger partial charge in [-0.1, -0.05) is 31.5 Å². The van der Waals surface area contributed by atoms with Gasteiger partial charge in [-0.25, -0.2) is 4.79 Å². The van der Waals surface area contributed by atoms with Crippen LogP contribution < -0.4 is 9.47 Å². The summed E-state index contributed by atoms with van der Waals surface area (Å²) >= 11 is 0. The highest BCUT2D eigenvalue weighted by Crippen LogP contribution is 2.40. The summed E-state index contributed by atoms with van der Waals surface area (Å²) in [6.45, 7) is 2.22. The van der Waals surface area contributed by atoms with Crippen LogP contribution in [0, 0.1) is 0 Å². The number of rotatable bonds is 8. The fourth-order valence-corrected chi connectivity index (χ4v) is 2.71. The van der Waals surface area contributed by atoms with Crippen LogP contribution in [0.1, 0.15) is 24.5 Å². The molecule has 0 aliphatic carbocycles. The molecule has 0 saturated carbocycles. The van der Waals surface area contributed by atoms with E-state index in [0.717, 1.165) is 40.8 Å². The third-order valence-corrected chi connectivity index (χ3v) is 3.67. The number of methoxy groups -OCH3 is 2. The summed E-state index contributed by atoms with van der Waals surface area (Å²) in [5, 5.41) is 10.8. The molecule has 0 bridgehead atoms. The van der Waals surface area contributed by atoms with Crippen LogP contribution >= 0.6 is 0 Å². The highest BCUT2D eigenvalue weighted by molar-refractivity contribution is 6.00. The molecular weight excluding hydrogens is 308 g/mol. The molecule has 0 heterocycles. The van der Waals surface area contributed by atoms with E-state index in [2.05, 4.69) is 13.0 Å². The molecule has 0 fully saturated rings. The smallest absolute Gasteiger partial charge is 0.328 e. The number of carbonyl (C=O) groups is 1. The molecular formula is C19H22O5. The number of carboxylic acid groups (broad SMARTS) is 1. The second-order valence-electron chi connectivity index (χ2n) is 5.31. The van der Waals surface area contributed by atoms with Crippen molar-refractivity contribution in [3.63, 3.8) is 0 Å². The minimum atomic E-state index is -0.994. The Balaban J connectivity index is 2.77. The van der Waals surface area contributed by atoms with Crippen molar-refractivity contribution >= 4 is 22.8 Å². The van der Waals surface area contributed by atoms with E-state index in [1.807, 2.05) is 12.1 Å². The number of aryl methyl sites for hydroxylation is 1. The van der Waals surface area contributed by atoms with E-state index in [-0.39, 0.29) is 6.79 Å². The monoisotopic (exact) mass is 330 g/mol. The van der Waals surface area contributed by atoms with Crippen LogP contribution in [0.15, 0.2) is 30.3 Å². The quantitative estimate of drug-likeness (QED) is 0.588. The third kappa shape index (κ3) is 3.86. The predicted octanol–water partition coefficient (Wildman–Crippen LogP) is 3.88. The molecule has 0 saturated heterocycles. The molecule has 1 N–H and O–H groups in total. The zero-order chi connectivity index (χ0) is 17.5. The molecule has 0 atom stereocenters. The standard InChI is InChI=1S/C19H22O5/c1-4-6-13-7-5-8-15-14(9-10-17(20)21)11-16(23-3)19(18(13)15)24-12-22-2/h5,7-11H,4,6,12H2,1-3H3,(H,20,21)/b10-9+. The van der Waals surface area contributed by atoms with Crippen molar-refractivity contribution in [1.29, 1.82) is 0 Å². The number of hydrogen-bond donors (Lipinski definition) is 1. The Hall–Kier alpha value is -2.53. The minimum absolute atomic E-state index is 0.107. The van der Waals surface area contributed by atoms with Crippen molar-refractivity contribution in [2.24, 2.45) is 0 Å². The van der Waals surface area contributed by atoms with Crippen molar-refractivity contribution in [3.8, 4) is 11.5 Å². The van der Waals surface area contributed by atoms with Gasteiger partial charge in [0.2, 0.25) is 0 Å². The Morgan fingerprint density at radius 1 is 1.29 bits per heavy atom. The zero-order valence-electron chi connectivity index (χ0n) is 14.2. The summed E-state index contributed by atoms with van der Waals surface area (Å²) in [6, 6.07) is 7.76. The lowest BCUT2D eigenvalue weighted by Gasteiger charge is -2.17. The molecule has 0 amide bonds. The molecule has 2 aromatic rings. The van der Waals surface area contributed by atoms with Gasteiger partial charge in [0.05, 0.1) is 7.11 Å². The van der Waals surface area contributed by atoms with E-state index in [1.165, 1.54) is 0 Å². The topological polar surface area (TPSA) is 65.0 Å². The van der Waals surface area contributed by atoms with Gasteiger partial charge in [0.1, 0.15) is 0 Å². The Kier molecular flexibility index (Phi) is 6.21. The van der Waals surface area contributed by atoms with E-state index in [9.17, 15) is 4.79 Å². The maximum Gasteiger partial charge on any atom is 0.328 e. The third-order valence-electron chi connectivity index (χ3n) is 3.67. The van der Waals surface area contributed by atoms with Gasteiger partial charge < -0.3 is 19.3 Å². The number of benzene rings is 2. The number of ether oxygens (including phenoxy) is 3. The summed E-state index contributed by atoms with van der Waals surface area (Å²) in [5.74, 6) is 0.172. The van der Waals surface area contributed by atoms with Gasteiger partial charge in [0.15, 0.2) is 18.3 Å². The molecule has 0 spiro atoms. The average Bonchev–Trinajstić information content (AvgIpc) is 2.58. The van der Waals surface area contributed by atoms with Crippen LogP contribution in [0.2, 0.25) is 0 Å². The summed E-state index contributed by atoms with van der Waals surface area (Å²) in [6.07, 6.45) is 4.57. The van der Waals surface area contributed by atoms with E-state index >= 15 is 0 Å². The van der Waals surface area contributed by atoms with E-state index in [4.69, 9.17) is 19.3 Å². The van der Waals surface area contributed by atoms with Gasteiger partial charge in [0.25, 0.3) is 0 Å². The van der Waals surface area contributed by atoms with E-state index in [1.54, 1.807) is 26.4 Å². The molecule has 5 heteroatoms. The van der Waals surface area contributed by atoms with Crippen LogP contribution in [-0.4, -0.2) is 32.1 Å². The first-order chi connectivity index (χ1) is 11.6. The molecule has 0 aliphatic heterocycles. The lowest BCUT2D eigenvalue weighted by molar-refractivity contribution is -0.131. The lowest BCUT2D eigenvalue weighted by Crippen LogP contribution is -2.03.